The minimum Gasteiger partial charge on any atom is -0.388 e. The lowest BCUT2D eigenvalue weighted by Crippen LogP contribution is -2.44. The molecule has 1 aliphatic rings. The van der Waals surface area contributed by atoms with Crippen LogP contribution in [-0.4, -0.2) is 25.7 Å². The lowest BCUT2D eigenvalue weighted by molar-refractivity contribution is 0.0148. The highest BCUT2D eigenvalue weighted by Gasteiger charge is 2.38. The second-order valence-electron chi connectivity index (χ2n) is 3.93. The van der Waals surface area contributed by atoms with E-state index in [-0.39, 0.29) is 12.5 Å². The van der Waals surface area contributed by atoms with Gasteiger partial charge in [0.05, 0.1) is 5.60 Å². The first kappa shape index (κ1) is 11.7. The quantitative estimate of drug-likeness (QED) is 0.727. The van der Waals surface area contributed by atoms with E-state index < -0.39 is 15.6 Å². The maximum Gasteiger partial charge on any atom is 0.233 e. The summed E-state index contributed by atoms with van der Waals surface area (Å²) >= 11 is 0. The Morgan fingerprint density at radius 2 is 2.36 bits per heavy atom. The van der Waals surface area contributed by atoms with Gasteiger partial charge in [0, 0.05) is 12.0 Å². The van der Waals surface area contributed by atoms with Gasteiger partial charge in [-0.3, -0.25) is 0 Å². The zero-order chi connectivity index (χ0) is 10.8. The lowest BCUT2D eigenvalue weighted by atomic mass is 9.93. The second kappa shape index (κ2) is 4.00. The minimum absolute atomic E-state index is 0.0858. The summed E-state index contributed by atoms with van der Waals surface area (Å²) in [5.41, 5.74) is -0.879. The van der Waals surface area contributed by atoms with Crippen LogP contribution in [0.25, 0.3) is 0 Å². The van der Waals surface area contributed by atoms with E-state index in [9.17, 15) is 13.5 Å². The van der Waals surface area contributed by atoms with Crippen molar-refractivity contribution < 1.29 is 13.5 Å². The van der Waals surface area contributed by atoms with Crippen LogP contribution in [0.5, 0.6) is 0 Å². The first-order chi connectivity index (χ1) is 6.40. The van der Waals surface area contributed by atoms with Gasteiger partial charge in [0.15, 0.2) is 0 Å². The highest BCUT2D eigenvalue weighted by Crippen LogP contribution is 2.34. The molecule has 0 saturated heterocycles. The topological polar surface area (TPSA) is 66.4 Å². The average molecular weight is 219 g/mol. The minimum atomic E-state index is -3.41. The standard InChI is InChI=1S/C9H17NO3S/c1-3-14(12,13)10-7-9(11)6-4-5-8(9)2/h3,8,10-11H,1,4-7H2,2H3. The molecule has 0 heterocycles. The van der Waals surface area contributed by atoms with Gasteiger partial charge in [-0.2, -0.15) is 0 Å². The van der Waals surface area contributed by atoms with Gasteiger partial charge in [-0.1, -0.05) is 19.9 Å². The lowest BCUT2D eigenvalue weighted by Gasteiger charge is -2.27. The first-order valence-electron chi connectivity index (χ1n) is 4.74. The van der Waals surface area contributed by atoms with E-state index in [2.05, 4.69) is 11.3 Å². The van der Waals surface area contributed by atoms with Gasteiger partial charge < -0.3 is 5.11 Å². The summed E-state index contributed by atoms with van der Waals surface area (Å²) in [5, 5.41) is 10.9. The van der Waals surface area contributed by atoms with Crippen LogP contribution < -0.4 is 4.72 Å². The molecule has 0 aromatic rings. The fourth-order valence-electron chi connectivity index (χ4n) is 1.78. The maximum atomic E-state index is 11.1. The third-order valence-electron chi connectivity index (χ3n) is 2.96. The normalized spacial score (nSPS) is 33.1. The summed E-state index contributed by atoms with van der Waals surface area (Å²) in [6, 6.07) is 0. The van der Waals surface area contributed by atoms with Crippen LogP contribution in [0.2, 0.25) is 0 Å². The maximum absolute atomic E-state index is 11.1. The Bertz CT molecular complexity index is 312. The smallest absolute Gasteiger partial charge is 0.233 e. The molecule has 2 unspecified atom stereocenters. The Morgan fingerprint density at radius 3 is 2.79 bits per heavy atom. The summed E-state index contributed by atoms with van der Waals surface area (Å²) in [7, 11) is -3.41. The zero-order valence-corrected chi connectivity index (χ0v) is 9.18. The summed E-state index contributed by atoms with van der Waals surface area (Å²) in [6.07, 6.45) is 2.56. The van der Waals surface area contributed by atoms with E-state index >= 15 is 0 Å². The number of hydrogen-bond acceptors (Lipinski definition) is 3. The molecule has 2 N–H and O–H groups in total. The molecule has 1 rings (SSSR count). The number of hydrogen-bond donors (Lipinski definition) is 2. The fourth-order valence-corrected chi connectivity index (χ4v) is 2.35. The van der Waals surface area contributed by atoms with E-state index in [1.54, 1.807) is 0 Å². The van der Waals surface area contributed by atoms with Crippen molar-refractivity contribution in [1.29, 1.82) is 0 Å². The van der Waals surface area contributed by atoms with Crippen LogP contribution in [-0.2, 0) is 10.0 Å². The van der Waals surface area contributed by atoms with Crippen molar-refractivity contribution in [2.45, 2.75) is 31.8 Å². The van der Waals surface area contributed by atoms with E-state index in [1.165, 1.54) is 0 Å². The summed E-state index contributed by atoms with van der Waals surface area (Å²) in [4.78, 5) is 0. The molecule has 14 heavy (non-hydrogen) atoms. The molecule has 0 radical (unpaired) electrons. The molecule has 5 heteroatoms. The Balaban J connectivity index is 2.57. The first-order valence-corrected chi connectivity index (χ1v) is 6.29. The van der Waals surface area contributed by atoms with Crippen LogP contribution in [0.15, 0.2) is 12.0 Å². The van der Waals surface area contributed by atoms with Crippen molar-refractivity contribution in [2.24, 2.45) is 5.92 Å². The SMILES string of the molecule is C=CS(=O)(=O)NCC1(O)CCCC1C. The number of sulfonamides is 1. The van der Waals surface area contributed by atoms with Crippen molar-refractivity contribution in [3.05, 3.63) is 12.0 Å². The van der Waals surface area contributed by atoms with Crippen LogP contribution in [0, 0.1) is 5.92 Å². The average Bonchev–Trinajstić information content (AvgIpc) is 2.45. The van der Waals surface area contributed by atoms with Gasteiger partial charge in [-0.05, 0) is 18.8 Å². The zero-order valence-electron chi connectivity index (χ0n) is 8.36. The molecule has 4 nitrogen and oxygen atoms in total. The molecule has 1 aliphatic carbocycles. The molecular weight excluding hydrogens is 202 g/mol. The van der Waals surface area contributed by atoms with E-state index in [4.69, 9.17) is 0 Å². The third kappa shape index (κ3) is 2.56. The molecule has 0 bridgehead atoms. The second-order valence-corrected chi connectivity index (χ2v) is 5.64. The van der Waals surface area contributed by atoms with E-state index in [1.807, 2.05) is 6.92 Å². The van der Waals surface area contributed by atoms with Crippen LogP contribution in [0.3, 0.4) is 0 Å². The molecule has 0 aromatic heterocycles. The predicted octanol–water partition coefficient (Wildman–Crippen LogP) is 0.600. The Kier molecular flexibility index (Phi) is 3.34. The molecule has 0 amide bonds. The van der Waals surface area contributed by atoms with Gasteiger partial charge in [0.1, 0.15) is 0 Å². The van der Waals surface area contributed by atoms with Crippen LogP contribution >= 0.6 is 0 Å². The predicted molar refractivity (Wildman–Crippen MR) is 55.1 cm³/mol. The third-order valence-corrected chi connectivity index (χ3v) is 3.95. The van der Waals surface area contributed by atoms with Crippen molar-refractivity contribution in [1.82, 2.24) is 4.72 Å². The number of nitrogens with one attached hydrogen (secondary N) is 1. The number of aliphatic hydroxyl groups is 1. The highest BCUT2D eigenvalue weighted by molar-refractivity contribution is 7.92. The van der Waals surface area contributed by atoms with E-state index in [0.29, 0.717) is 6.42 Å². The van der Waals surface area contributed by atoms with Gasteiger partial charge in [0.25, 0.3) is 0 Å². The van der Waals surface area contributed by atoms with E-state index in [0.717, 1.165) is 18.2 Å². The molecule has 2 atom stereocenters. The molecular formula is C9H17NO3S. The van der Waals surface area contributed by atoms with Gasteiger partial charge in [0.2, 0.25) is 10.0 Å². The summed E-state index contributed by atoms with van der Waals surface area (Å²) in [6.45, 7) is 5.21. The Labute approximate surface area is 85.1 Å². The largest absolute Gasteiger partial charge is 0.388 e. The van der Waals surface area contributed by atoms with Crippen molar-refractivity contribution in [2.75, 3.05) is 6.54 Å². The molecule has 1 saturated carbocycles. The highest BCUT2D eigenvalue weighted by atomic mass is 32.2. The molecule has 82 valence electrons. The molecule has 0 aromatic carbocycles. The molecule has 0 spiro atoms. The van der Waals surface area contributed by atoms with Gasteiger partial charge in [-0.15, -0.1) is 0 Å². The van der Waals surface area contributed by atoms with Crippen molar-refractivity contribution in [3.8, 4) is 0 Å². The monoisotopic (exact) mass is 219 g/mol. The van der Waals surface area contributed by atoms with Crippen molar-refractivity contribution in [3.63, 3.8) is 0 Å². The fraction of sp³-hybridized carbons (Fsp3) is 0.778. The summed E-state index contributed by atoms with van der Waals surface area (Å²) in [5.74, 6) is 0.148. The van der Waals surface area contributed by atoms with Crippen LogP contribution in [0.1, 0.15) is 26.2 Å². The molecule has 0 aliphatic heterocycles. The Morgan fingerprint density at radius 1 is 1.71 bits per heavy atom. The number of rotatable bonds is 4. The van der Waals surface area contributed by atoms with Crippen LogP contribution in [0.4, 0.5) is 0 Å². The van der Waals surface area contributed by atoms with Crippen molar-refractivity contribution >= 4 is 10.0 Å². The summed E-state index contributed by atoms with van der Waals surface area (Å²) < 4.78 is 24.5. The Hall–Kier alpha value is -0.390. The molecule has 1 fully saturated rings. The van der Waals surface area contributed by atoms with Gasteiger partial charge in [-0.25, -0.2) is 13.1 Å². The van der Waals surface area contributed by atoms with Gasteiger partial charge >= 0.3 is 0 Å².